The molecule has 1 aliphatic rings. The summed E-state index contributed by atoms with van der Waals surface area (Å²) in [5.74, 6) is -14.8. The average Bonchev–Trinajstić information content (AvgIpc) is 3.08. The number of hydrogen-bond acceptors (Lipinski definition) is 4. The van der Waals surface area contributed by atoms with Crippen molar-refractivity contribution in [2.24, 2.45) is 5.16 Å². The van der Waals surface area contributed by atoms with E-state index in [1.165, 1.54) is 12.1 Å². The van der Waals surface area contributed by atoms with Crippen LogP contribution >= 0.6 is 0 Å². The van der Waals surface area contributed by atoms with Crippen LogP contribution in [0.4, 0.5) is 39.5 Å². The van der Waals surface area contributed by atoms with Crippen LogP contribution in [-0.4, -0.2) is 37.4 Å². The fourth-order valence-corrected chi connectivity index (χ4v) is 3.84. The van der Waals surface area contributed by atoms with Gasteiger partial charge in [0.15, 0.2) is 0 Å². The summed E-state index contributed by atoms with van der Waals surface area (Å²) in [5, 5.41) is -4.22. The summed E-state index contributed by atoms with van der Waals surface area (Å²) in [6.45, 7) is 1.03. The molecule has 0 unspecified atom stereocenters. The van der Waals surface area contributed by atoms with Gasteiger partial charge >= 0.3 is 33.4 Å². The second-order valence-corrected chi connectivity index (χ2v) is 8.64. The Morgan fingerprint density at radius 1 is 0.848 bits per heavy atom. The van der Waals surface area contributed by atoms with Gasteiger partial charge in [-0.2, -0.15) is 47.9 Å². The highest BCUT2D eigenvalue weighted by Crippen LogP contribution is 2.55. The first-order valence-electron chi connectivity index (χ1n) is 8.83. The molecule has 0 aromatic heterocycles. The maximum Gasteiger partial charge on any atom is 0.460 e. The molecule has 0 bridgehead atoms. The molecule has 0 atom stereocenters. The maximum atomic E-state index is 13.7. The zero-order valence-corrected chi connectivity index (χ0v) is 17.0. The molecule has 0 saturated carbocycles. The number of hydrogen-bond donors (Lipinski definition) is 0. The predicted octanol–water partition coefficient (Wildman–Crippen LogP) is 5.75. The molecule has 0 radical (unpaired) electrons. The minimum atomic E-state index is -7.39. The Morgan fingerprint density at radius 2 is 1.42 bits per heavy atom. The van der Waals surface area contributed by atoms with Crippen molar-refractivity contribution in [3.05, 3.63) is 59.2 Å². The average molecular weight is 505 g/mol. The van der Waals surface area contributed by atoms with Gasteiger partial charge in [-0.25, -0.2) is 0 Å². The van der Waals surface area contributed by atoms with Gasteiger partial charge in [0.2, 0.25) is 0 Å². The van der Waals surface area contributed by atoms with Gasteiger partial charge in [0.1, 0.15) is 0 Å². The molecule has 2 aromatic carbocycles. The standard InChI is InChI=1S/C19H12F9NO3S/c1-10(11-6-7-15-13(8-11)9-12-4-2-3-5-14(12)15)29-32-33(30,31)19(27,28)17(22,23)16(20,21)18(24,25)26/h2-8H,9H2,1H3/b29-10+. The summed E-state index contributed by atoms with van der Waals surface area (Å²) < 4.78 is 143. The molecule has 14 heteroatoms. The minimum absolute atomic E-state index is 0.104. The summed E-state index contributed by atoms with van der Waals surface area (Å²) in [6.07, 6.45) is -6.71. The molecule has 0 N–H and O–H groups in total. The van der Waals surface area contributed by atoms with Gasteiger partial charge in [0.05, 0.1) is 5.71 Å². The Labute approximate surface area is 180 Å². The third-order valence-corrected chi connectivity index (χ3v) is 6.07. The van der Waals surface area contributed by atoms with E-state index in [2.05, 4.69) is 9.44 Å². The zero-order chi connectivity index (χ0) is 25.0. The number of halogens is 9. The van der Waals surface area contributed by atoms with Crippen molar-refractivity contribution < 1.29 is 52.2 Å². The monoisotopic (exact) mass is 505 g/mol. The van der Waals surface area contributed by atoms with Crippen LogP contribution in [0.15, 0.2) is 47.6 Å². The van der Waals surface area contributed by atoms with Crippen molar-refractivity contribution in [2.75, 3.05) is 0 Å². The van der Waals surface area contributed by atoms with Gasteiger partial charge in [0, 0.05) is 0 Å². The van der Waals surface area contributed by atoms with Gasteiger partial charge in [-0.05, 0) is 47.2 Å². The quantitative estimate of drug-likeness (QED) is 0.244. The predicted molar refractivity (Wildman–Crippen MR) is 97.8 cm³/mol. The normalized spacial score (nSPS) is 15.3. The molecular weight excluding hydrogens is 493 g/mol. The number of fused-ring (bicyclic) bond motifs is 3. The molecule has 0 aliphatic heterocycles. The molecule has 33 heavy (non-hydrogen) atoms. The Morgan fingerprint density at radius 3 is 2.03 bits per heavy atom. The smallest absolute Gasteiger partial charge is 0.264 e. The van der Waals surface area contributed by atoms with Crippen LogP contribution in [0.5, 0.6) is 0 Å². The molecule has 0 fully saturated rings. The lowest BCUT2D eigenvalue weighted by Crippen LogP contribution is -2.63. The molecular formula is C19H12F9NO3S. The second-order valence-electron chi connectivity index (χ2n) is 7.07. The number of nitrogens with zero attached hydrogens (tertiary/aromatic N) is 1. The van der Waals surface area contributed by atoms with Gasteiger partial charge in [-0.3, -0.25) is 4.28 Å². The molecule has 0 amide bonds. The van der Waals surface area contributed by atoms with Gasteiger partial charge in [-0.1, -0.05) is 41.6 Å². The SMILES string of the molecule is C/C(=N\OS(=O)(=O)C(F)(F)C(F)(F)C(F)(F)C(F)(F)F)c1ccc2c(c1)Cc1ccccc1-2. The van der Waals surface area contributed by atoms with E-state index in [9.17, 15) is 47.9 Å². The Balaban J connectivity index is 1.87. The van der Waals surface area contributed by atoms with Crippen LogP contribution in [0, 0.1) is 0 Å². The number of oxime groups is 1. The fourth-order valence-electron chi connectivity index (χ4n) is 3.09. The lowest BCUT2D eigenvalue weighted by molar-refractivity contribution is -0.382. The molecule has 180 valence electrons. The summed E-state index contributed by atoms with van der Waals surface area (Å²) in [5.41, 5.74) is 3.08. The van der Waals surface area contributed by atoms with E-state index in [-0.39, 0.29) is 5.56 Å². The molecule has 1 aliphatic carbocycles. The lowest BCUT2D eigenvalue weighted by Gasteiger charge is -2.31. The highest BCUT2D eigenvalue weighted by atomic mass is 32.2. The van der Waals surface area contributed by atoms with Crippen LogP contribution in [0.3, 0.4) is 0 Å². The van der Waals surface area contributed by atoms with E-state index >= 15 is 0 Å². The molecule has 0 spiro atoms. The Kier molecular flexibility index (Phi) is 5.75. The van der Waals surface area contributed by atoms with Crippen LogP contribution in [0.25, 0.3) is 11.1 Å². The Bertz CT molecular complexity index is 1220. The van der Waals surface area contributed by atoms with Crippen LogP contribution < -0.4 is 0 Å². The largest absolute Gasteiger partial charge is 0.460 e. The third kappa shape index (κ3) is 3.83. The highest BCUT2D eigenvalue weighted by Gasteiger charge is 2.86. The van der Waals surface area contributed by atoms with Crippen molar-refractivity contribution in [1.29, 1.82) is 0 Å². The highest BCUT2D eigenvalue weighted by molar-refractivity contribution is 7.87. The van der Waals surface area contributed by atoms with E-state index in [4.69, 9.17) is 0 Å². The number of benzene rings is 2. The second kappa shape index (κ2) is 7.64. The molecule has 4 nitrogen and oxygen atoms in total. The summed E-state index contributed by atoms with van der Waals surface area (Å²) in [4.78, 5) is 0. The minimum Gasteiger partial charge on any atom is -0.264 e. The van der Waals surface area contributed by atoms with Crippen molar-refractivity contribution in [3.63, 3.8) is 0 Å². The topological polar surface area (TPSA) is 55.7 Å². The van der Waals surface area contributed by atoms with E-state index in [1.807, 2.05) is 12.1 Å². The van der Waals surface area contributed by atoms with E-state index in [1.54, 1.807) is 18.2 Å². The molecule has 3 rings (SSSR count). The molecule has 0 heterocycles. The number of rotatable bonds is 6. The summed E-state index contributed by atoms with van der Waals surface area (Å²) in [7, 11) is -7.07. The lowest BCUT2D eigenvalue weighted by atomic mass is 10.0. The zero-order valence-electron chi connectivity index (χ0n) is 16.2. The number of alkyl halides is 9. The first-order chi connectivity index (χ1) is 14.9. The van der Waals surface area contributed by atoms with Crippen LogP contribution in [0.1, 0.15) is 23.6 Å². The fraction of sp³-hybridized carbons (Fsp3) is 0.316. The van der Waals surface area contributed by atoms with Gasteiger partial charge < -0.3 is 0 Å². The van der Waals surface area contributed by atoms with Gasteiger partial charge in [0.25, 0.3) is 0 Å². The summed E-state index contributed by atoms with van der Waals surface area (Å²) in [6, 6.07) is 11.7. The first kappa shape index (κ1) is 24.9. The van der Waals surface area contributed by atoms with Crippen molar-refractivity contribution >= 4 is 15.8 Å². The van der Waals surface area contributed by atoms with E-state index in [0.717, 1.165) is 29.2 Å². The summed E-state index contributed by atoms with van der Waals surface area (Å²) >= 11 is 0. The van der Waals surface area contributed by atoms with Crippen molar-refractivity contribution in [3.8, 4) is 11.1 Å². The molecule has 0 saturated heterocycles. The van der Waals surface area contributed by atoms with Crippen molar-refractivity contribution in [1.82, 2.24) is 0 Å². The Hall–Kier alpha value is -2.77. The van der Waals surface area contributed by atoms with Crippen molar-refractivity contribution in [2.45, 2.75) is 36.6 Å². The van der Waals surface area contributed by atoms with E-state index < -0.39 is 39.1 Å². The van der Waals surface area contributed by atoms with Gasteiger partial charge in [-0.15, -0.1) is 0 Å². The van der Waals surface area contributed by atoms with E-state index in [0.29, 0.717) is 6.42 Å². The van der Waals surface area contributed by atoms with Crippen LogP contribution in [-0.2, 0) is 20.8 Å². The van der Waals surface area contributed by atoms with Crippen LogP contribution in [0.2, 0.25) is 0 Å². The molecule has 2 aromatic rings. The maximum absolute atomic E-state index is 13.7. The first-order valence-corrected chi connectivity index (χ1v) is 10.2. The third-order valence-electron chi connectivity index (χ3n) is 4.91.